The maximum Gasteiger partial charge on any atom is 0.339 e. The Morgan fingerprint density at radius 3 is 2.55 bits per heavy atom. The molecule has 1 aliphatic carbocycles. The highest BCUT2D eigenvalue weighted by atomic mass is 127. The Balaban J connectivity index is 2.25. The van der Waals surface area contributed by atoms with Crippen molar-refractivity contribution < 1.29 is 19.4 Å². The van der Waals surface area contributed by atoms with E-state index in [0.29, 0.717) is 0 Å². The van der Waals surface area contributed by atoms with Gasteiger partial charge in [-0.1, -0.05) is 12.1 Å². The number of carbonyl (C=O) groups is 2. The van der Waals surface area contributed by atoms with Crippen LogP contribution in [0.1, 0.15) is 46.9 Å². The van der Waals surface area contributed by atoms with Gasteiger partial charge in [-0.05, 0) is 70.6 Å². The van der Waals surface area contributed by atoms with Crippen molar-refractivity contribution in [2.45, 2.75) is 31.8 Å². The van der Waals surface area contributed by atoms with Gasteiger partial charge in [0.15, 0.2) is 0 Å². The van der Waals surface area contributed by atoms with Crippen molar-refractivity contribution in [3.63, 3.8) is 0 Å². The summed E-state index contributed by atoms with van der Waals surface area (Å²) >= 11 is 2.24. The molecule has 0 heterocycles. The summed E-state index contributed by atoms with van der Waals surface area (Å²) in [5.74, 6) is -1.72. The molecule has 1 aliphatic rings. The van der Waals surface area contributed by atoms with E-state index in [9.17, 15) is 9.59 Å². The third-order valence-electron chi connectivity index (χ3n) is 3.25. The number of hydrogen-bond acceptors (Lipinski definition) is 3. The molecule has 0 saturated heterocycles. The number of ether oxygens (including phenoxy) is 1. The Hall–Kier alpha value is -1.37. The van der Waals surface area contributed by atoms with Crippen LogP contribution in [0.5, 0.6) is 0 Å². The second kappa shape index (κ2) is 5.95. The van der Waals surface area contributed by atoms with Gasteiger partial charge in [0.2, 0.25) is 0 Å². The molecule has 0 amide bonds. The summed E-state index contributed by atoms with van der Waals surface area (Å²) < 4.78 is 6.71. The van der Waals surface area contributed by atoms with E-state index in [4.69, 9.17) is 9.84 Å². The summed E-state index contributed by atoms with van der Waals surface area (Å²) in [5, 5.41) is 9.11. The number of carboxylic acid groups (broad SMARTS) is 1. The number of benzene rings is 1. The molecule has 0 aromatic heterocycles. The molecule has 1 N–H and O–H groups in total. The summed E-state index contributed by atoms with van der Waals surface area (Å²) in [5.41, 5.74) is -0.594. The first kappa shape index (κ1) is 15.0. The zero-order chi connectivity index (χ0) is 14.8. The molecule has 1 unspecified atom stereocenters. The number of hydrogen-bond donors (Lipinski definition) is 1. The van der Waals surface area contributed by atoms with Crippen molar-refractivity contribution in [2.75, 3.05) is 0 Å². The van der Waals surface area contributed by atoms with Crippen molar-refractivity contribution in [3.05, 3.63) is 45.0 Å². The number of halogens is 1. The lowest BCUT2D eigenvalue weighted by atomic mass is 9.92. The summed E-state index contributed by atoms with van der Waals surface area (Å²) in [6, 6.07) is 6.10. The van der Waals surface area contributed by atoms with Crippen LogP contribution in [0.25, 0.3) is 0 Å². The maximum absolute atomic E-state index is 12.2. The highest BCUT2D eigenvalue weighted by molar-refractivity contribution is 14.1. The minimum atomic E-state index is -1.13. The lowest BCUT2D eigenvalue weighted by Crippen LogP contribution is -2.32. The molecular weight excluding hydrogens is 371 g/mol. The molecule has 4 nitrogen and oxygen atoms in total. The van der Waals surface area contributed by atoms with Crippen LogP contribution in [0.2, 0.25) is 0 Å². The fourth-order valence-corrected chi connectivity index (χ4v) is 3.32. The summed E-state index contributed by atoms with van der Waals surface area (Å²) in [4.78, 5) is 23.4. The number of rotatable bonds is 3. The van der Waals surface area contributed by atoms with E-state index >= 15 is 0 Å². The molecular formula is C15H15IO4. The van der Waals surface area contributed by atoms with Gasteiger partial charge in [-0.3, -0.25) is 0 Å². The summed E-state index contributed by atoms with van der Waals surface area (Å²) in [6.07, 6.45) is 4.65. The largest absolute Gasteiger partial charge is 0.478 e. The van der Waals surface area contributed by atoms with E-state index in [1.165, 1.54) is 12.1 Å². The Morgan fingerprint density at radius 2 is 1.95 bits per heavy atom. The van der Waals surface area contributed by atoms with Crippen LogP contribution in [0.4, 0.5) is 0 Å². The van der Waals surface area contributed by atoms with E-state index in [1.54, 1.807) is 12.1 Å². The first-order chi connectivity index (χ1) is 9.41. The first-order valence-electron chi connectivity index (χ1n) is 6.34. The average molecular weight is 386 g/mol. The van der Waals surface area contributed by atoms with Gasteiger partial charge in [0.05, 0.1) is 11.1 Å². The van der Waals surface area contributed by atoms with Gasteiger partial charge in [0.1, 0.15) is 5.60 Å². The Labute approximate surface area is 131 Å². The number of esters is 1. The molecule has 1 aromatic carbocycles. The van der Waals surface area contributed by atoms with Crippen LogP contribution in [0.15, 0.2) is 33.9 Å². The van der Waals surface area contributed by atoms with Crippen LogP contribution in [0.3, 0.4) is 0 Å². The van der Waals surface area contributed by atoms with Crippen LogP contribution in [-0.2, 0) is 4.74 Å². The minimum absolute atomic E-state index is 0.0319. The molecule has 0 radical (unpaired) electrons. The molecule has 5 heteroatoms. The fraction of sp³-hybridized carbons (Fsp3) is 0.333. The van der Waals surface area contributed by atoms with Crippen LogP contribution in [-0.4, -0.2) is 22.6 Å². The van der Waals surface area contributed by atoms with E-state index in [-0.39, 0.29) is 11.1 Å². The lowest BCUT2D eigenvalue weighted by molar-refractivity contribution is 0.00529. The standard InChI is InChI=1S/C15H15IO4/c1-15(8-4-5-10(16)9-15)20-14(19)12-7-3-2-6-11(12)13(17)18/h2-3,6-7,9H,4-5,8H2,1H3,(H,17,18). The molecule has 106 valence electrons. The second-order valence-electron chi connectivity index (χ2n) is 5.00. The van der Waals surface area contributed by atoms with Gasteiger partial charge in [-0.25, -0.2) is 9.59 Å². The second-order valence-corrected chi connectivity index (χ2v) is 6.38. The molecule has 20 heavy (non-hydrogen) atoms. The number of carboxylic acids is 1. The number of aromatic carboxylic acids is 1. The van der Waals surface area contributed by atoms with E-state index in [1.807, 2.05) is 13.0 Å². The summed E-state index contributed by atoms with van der Waals surface area (Å²) in [7, 11) is 0. The topological polar surface area (TPSA) is 63.6 Å². The van der Waals surface area contributed by atoms with Gasteiger partial charge < -0.3 is 9.84 Å². The Bertz CT molecular complexity index is 579. The van der Waals surface area contributed by atoms with Crippen molar-refractivity contribution in [1.82, 2.24) is 0 Å². The third kappa shape index (κ3) is 3.39. The predicted octanol–water partition coefficient (Wildman–Crippen LogP) is 3.80. The lowest BCUT2D eigenvalue weighted by Gasteiger charge is -2.30. The molecule has 0 spiro atoms. The van der Waals surface area contributed by atoms with E-state index in [0.717, 1.165) is 22.8 Å². The number of carbonyl (C=O) groups excluding carboxylic acids is 1. The van der Waals surface area contributed by atoms with E-state index in [2.05, 4.69) is 22.6 Å². The Morgan fingerprint density at radius 1 is 1.30 bits per heavy atom. The summed E-state index contributed by atoms with van der Waals surface area (Å²) in [6.45, 7) is 1.85. The van der Waals surface area contributed by atoms with Gasteiger partial charge in [-0.2, -0.15) is 0 Å². The van der Waals surface area contributed by atoms with Crippen LogP contribution in [0, 0.1) is 0 Å². The molecule has 0 aliphatic heterocycles. The molecule has 0 bridgehead atoms. The predicted molar refractivity (Wildman–Crippen MR) is 83.2 cm³/mol. The van der Waals surface area contributed by atoms with Crippen molar-refractivity contribution >= 4 is 34.5 Å². The van der Waals surface area contributed by atoms with Crippen molar-refractivity contribution in [3.8, 4) is 0 Å². The minimum Gasteiger partial charge on any atom is -0.478 e. The van der Waals surface area contributed by atoms with Gasteiger partial charge in [-0.15, -0.1) is 0 Å². The zero-order valence-corrected chi connectivity index (χ0v) is 13.2. The molecule has 0 saturated carbocycles. The van der Waals surface area contributed by atoms with Gasteiger partial charge in [0, 0.05) is 0 Å². The molecule has 1 aromatic rings. The zero-order valence-electron chi connectivity index (χ0n) is 11.1. The SMILES string of the molecule is CC1(OC(=O)c2ccccc2C(=O)O)C=C(I)CCC1. The van der Waals surface area contributed by atoms with Crippen LogP contribution < -0.4 is 0 Å². The maximum atomic E-state index is 12.2. The quantitative estimate of drug-likeness (QED) is 0.634. The normalized spacial score (nSPS) is 22.0. The highest BCUT2D eigenvalue weighted by Gasteiger charge is 2.31. The molecule has 1 atom stereocenters. The highest BCUT2D eigenvalue weighted by Crippen LogP contribution is 2.33. The molecule has 2 rings (SSSR count). The Kier molecular flexibility index (Phi) is 4.47. The van der Waals surface area contributed by atoms with Gasteiger partial charge in [0.25, 0.3) is 0 Å². The molecule has 0 fully saturated rings. The van der Waals surface area contributed by atoms with Gasteiger partial charge >= 0.3 is 11.9 Å². The number of allylic oxidation sites excluding steroid dienone is 1. The fourth-order valence-electron chi connectivity index (χ4n) is 2.28. The van der Waals surface area contributed by atoms with Crippen LogP contribution >= 0.6 is 22.6 Å². The van der Waals surface area contributed by atoms with E-state index < -0.39 is 17.5 Å². The third-order valence-corrected chi connectivity index (χ3v) is 4.10. The van der Waals surface area contributed by atoms with Crippen molar-refractivity contribution in [2.24, 2.45) is 0 Å². The van der Waals surface area contributed by atoms with Crippen molar-refractivity contribution in [1.29, 1.82) is 0 Å². The monoisotopic (exact) mass is 386 g/mol. The smallest absolute Gasteiger partial charge is 0.339 e. The first-order valence-corrected chi connectivity index (χ1v) is 7.42. The average Bonchev–Trinajstić information content (AvgIpc) is 2.37.